The smallest absolute Gasteiger partial charge is 0.308 e. The molecule has 3 rings (SSSR count). The molecule has 0 bridgehead atoms. The molecule has 1 N–H and O–H groups in total. The number of thiazole rings is 1. The normalized spacial score (nSPS) is 15.2. The number of ether oxygens (including phenoxy) is 1. The highest BCUT2D eigenvalue weighted by molar-refractivity contribution is 7.93. The number of halogens is 1. The molecular weight excluding hydrogens is 438 g/mol. The summed E-state index contributed by atoms with van der Waals surface area (Å²) in [5.74, 6) is -0.682. The van der Waals surface area contributed by atoms with E-state index in [9.17, 15) is 18.0 Å². The zero-order chi connectivity index (χ0) is 21.2. The number of carbonyl (C=O) groups is 2. The molecule has 0 aliphatic carbocycles. The highest BCUT2D eigenvalue weighted by Crippen LogP contribution is 2.28. The number of benzene rings is 1. The Balaban J connectivity index is 1.71. The van der Waals surface area contributed by atoms with E-state index in [0.717, 1.165) is 11.3 Å². The van der Waals surface area contributed by atoms with Crippen molar-refractivity contribution in [2.45, 2.75) is 24.7 Å². The van der Waals surface area contributed by atoms with Gasteiger partial charge in [-0.3, -0.25) is 14.3 Å². The lowest BCUT2D eigenvalue weighted by molar-refractivity contribution is -0.146. The van der Waals surface area contributed by atoms with Crippen molar-refractivity contribution in [1.29, 1.82) is 0 Å². The summed E-state index contributed by atoms with van der Waals surface area (Å²) in [7, 11) is -2.49. The van der Waals surface area contributed by atoms with Crippen molar-refractivity contribution in [2.24, 2.45) is 5.92 Å². The van der Waals surface area contributed by atoms with Crippen LogP contribution in [0.4, 0.5) is 5.13 Å². The van der Waals surface area contributed by atoms with Gasteiger partial charge >= 0.3 is 5.97 Å². The molecule has 8 nitrogen and oxygen atoms in total. The van der Waals surface area contributed by atoms with Gasteiger partial charge in [0.05, 0.1) is 23.6 Å². The van der Waals surface area contributed by atoms with E-state index in [-0.39, 0.29) is 27.8 Å². The van der Waals surface area contributed by atoms with Crippen molar-refractivity contribution < 1.29 is 22.7 Å². The van der Waals surface area contributed by atoms with Gasteiger partial charge in [0.2, 0.25) is 0 Å². The Morgan fingerprint density at radius 2 is 1.86 bits per heavy atom. The van der Waals surface area contributed by atoms with Gasteiger partial charge in [-0.2, -0.15) is 0 Å². The lowest BCUT2D eigenvalue weighted by atomic mass is 9.97. The van der Waals surface area contributed by atoms with E-state index in [2.05, 4.69) is 9.71 Å². The number of hydrogen-bond donors (Lipinski definition) is 1. The number of hydrogen-bond acceptors (Lipinski definition) is 7. The van der Waals surface area contributed by atoms with Crippen LogP contribution in [0, 0.1) is 12.8 Å². The molecule has 2 heterocycles. The molecule has 156 valence electrons. The average Bonchev–Trinajstić information content (AvgIpc) is 3.06. The maximum absolute atomic E-state index is 12.8. The number of methoxy groups -OCH3 is 1. The monoisotopic (exact) mass is 457 g/mol. The maximum Gasteiger partial charge on any atom is 0.308 e. The van der Waals surface area contributed by atoms with E-state index < -0.39 is 10.0 Å². The molecule has 1 fully saturated rings. The fourth-order valence-electron chi connectivity index (χ4n) is 3.05. The van der Waals surface area contributed by atoms with E-state index in [1.54, 1.807) is 11.8 Å². The quantitative estimate of drug-likeness (QED) is 0.692. The third-order valence-corrected chi connectivity index (χ3v) is 7.45. The van der Waals surface area contributed by atoms with Crippen LogP contribution in [0.3, 0.4) is 0 Å². The molecule has 0 atom stereocenters. The summed E-state index contributed by atoms with van der Waals surface area (Å²) in [6, 6.07) is 5.75. The number of anilines is 1. The number of rotatable bonds is 5. The minimum atomic E-state index is -3.84. The standard InChI is InChI=1S/C18H20ClN3O5S2/c1-11-15(16(23)22-9-7-12(8-10-22)17(24)27-2)28-18(20-11)21-29(25,26)14-5-3-13(19)4-6-14/h3-6,12H,7-10H2,1-2H3,(H,20,21). The zero-order valence-electron chi connectivity index (χ0n) is 15.8. The number of likely N-dealkylation sites (tertiary alicyclic amines) is 1. The summed E-state index contributed by atoms with van der Waals surface area (Å²) >= 11 is 6.78. The maximum atomic E-state index is 12.8. The van der Waals surface area contributed by atoms with Crippen molar-refractivity contribution in [3.63, 3.8) is 0 Å². The Morgan fingerprint density at radius 1 is 1.24 bits per heavy atom. The molecule has 1 saturated heterocycles. The summed E-state index contributed by atoms with van der Waals surface area (Å²) in [5, 5.41) is 0.545. The Labute approximate surface area is 177 Å². The summed E-state index contributed by atoms with van der Waals surface area (Å²) in [6.07, 6.45) is 1.07. The molecule has 1 amide bonds. The molecular formula is C18H20ClN3O5S2. The van der Waals surface area contributed by atoms with Crippen molar-refractivity contribution >= 4 is 50.0 Å². The minimum Gasteiger partial charge on any atom is -0.469 e. The second kappa shape index (κ2) is 8.68. The van der Waals surface area contributed by atoms with Crippen molar-refractivity contribution in [1.82, 2.24) is 9.88 Å². The first-order chi connectivity index (χ1) is 13.7. The second-order valence-electron chi connectivity index (χ2n) is 6.58. The zero-order valence-corrected chi connectivity index (χ0v) is 18.2. The number of esters is 1. The molecule has 0 spiro atoms. The van der Waals surface area contributed by atoms with Gasteiger partial charge in [-0.05, 0) is 44.0 Å². The highest BCUT2D eigenvalue weighted by Gasteiger charge is 2.30. The van der Waals surface area contributed by atoms with Crippen molar-refractivity contribution in [3.05, 3.63) is 39.9 Å². The molecule has 0 saturated carbocycles. The molecule has 11 heteroatoms. The molecule has 2 aromatic rings. The van der Waals surface area contributed by atoms with Crippen LogP contribution in [-0.4, -0.2) is 50.4 Å². The van der Waals surface area contributed by atoms with Gasteiger partial charge in [0.15, 0.2) is 5.13 Å². The van der Waals surface area contributed by atoms with E-state index in [1.165, 1.54) is 31.4 Å². The summed E-state index contributed by atoms with van der Waals surface area (Å²) in [4.78, 5) is 30.7. The van der Waals surface area contributed by atoms with E-state index >= 15 is 0 Å². The van der Waals surface area contributed by atoms with Crippen LogP contribution in [0.1, 0.15) is 28.2 Å². The van der Waals surface area contributed by atoms with Gasteiger partial charge in [-0.15, -0.1) is 0 Å². The van der Waals surface area contributed by atoms with Crippen LogP contribution in [0.5, 0.6) is 0 Å². The van der Waals surface area contributed by atoms with Gasteiger partial charge in [-0.1, -0.05) is 22.9 Å². The van der Waals surface area contributed by atoms with E-state index in [0.29, 0.717) is 41.5 Å². The summed E-state index contributed by atoms with van der Waals surface area (Å²) in [5.41, 5.74) is 0.448. The molecule has 1 aromatic carbocycles. The SMILES string of the molecule is COC(=O)C1CCN(C(=O)c2sc(NS(=O)(=O)c3ccc(Cl)cc3)nc2C)CC1. The average molecular weight is 458 g/mol. The first kappa shape index (κ1) is 21.5. The Kier molecular flexibility index (Phi) is 6.45. The number of piperidine rings is 1. The Morgan fingerprint density at radius 3 is 2.45 bits per heavy atom. The highest BCUT2D eigenvalue weighted by atomic mass is 35.5. The predicted molar refractivity (Wildman–Crippen MR) is 110 cm³/mol. The Hall–Kier alpha value is -2.17. The molecule has 0 radical (unpaired) electrons. The van der Waals surface area contributed by atoms with Crippen LogP contribution >= 0.6 is 22.9 Å². The van der Waals surface area contributed by atoms with Gasteiger partial charge in [-0.25, -0.2) is 13.4 Å². The van der Waals surface area contributed by atoms with Gasteiger partial charge in [0.1, 0.15) is 4.88 Å². The molecule has 1 aliphatic heterocycles. The van der Waals surface area contributed by atoms with E-state index in [4.69, 9.17) is 16.3 Å². The summed E-state index contributed by atoms with van der Waals surface area (Å²) < 4.78 is 32.2. The fourth-order valence-corrected chi connectivity index (χ4v) is 5.35. The molecule has 1 aromatic heterocycles. The fraction of sp³-hybridized carbons (Fsp3) is 0.389. The number of nitrogens with zero attached hydrogens (tertiary/aromatic N) is 2. The van der Waals surface area contributed by atoms with Gasteiger partial charge in [0, 0.05) is 18.1 Å². The van der Waals surface area contributed by atoms with Crippen LogP contribution in [0.2, 0.25) is 5.02 Å². The van der Waals surface area contributed by atoms with E-state index in [1.807, 2.05) is 0 Å². The number of aromatic nitrogens is 1. The van der Waals surface area contributed by atoms with Crippen LogP contribution in [-0.2, 0) is 19.6 Å². The number of aryl methyl sites for hydroxylation is 1. The minimum absolute atomic E-state index is 0.0486. The van der Waals surface area contributed by atoms with Gasteiger partial charge < -0.3 is 9.64 Å². The number of carbonyl (C=O) groups excluding carboxylic acids is 2. The van der Waals surface area contributed by atoms with Crippen LogP contribution < -0.4 is 4.72 Å². The van der Waals surface area contributed by atoms with Gasteiger partial charge in [0.25, 0.3) is 15.9 Å². The molecule has 1 aliphatic rings. The molecule has 0 unspecified atom stereocenters. The third-order valence-electron chi connectivity index (χ3n) is 4.65. The lowest BCUT2D eigenvalue weighted by Crippen LogP contribution is -2.40. The number of nitrogens with one attached hydrogen (secondary N) is 1. The van der Waals surface area contributed by atoms with Crippen LogP contribution in [0.25, 0.3) is 0 Å². The topological polar surface area (TPSA) is 106 Å². The van der Waals surface area contributed by atoms with Crippen molar-refractivity contribution in [3.8, 4) is 0 Å². The second-order valence-corrected chi connectivity index (χ2v) is 9.70. The lowest BCUT2D eigenvalue weighted by Gasteiger charge is -2.30. The number of sulfonamides is 1. The first-order valence-corrected chi connectivity index (χ1v) is 11.5. The largest absolute Gasteiger partial charge is 0.469 e. The summed E-state index contributed by atoms with van der Waals surface area (Å²) in [6.45, 7) is 2.52. The van der Waals surface area contributed by atoms with Crippen molar-refractivity contribution in [2.75, 3.05) is 24.9 Å². The predicted octanol–water partition coefficient (Wildman–Crippen LogP) is 2.93. The first-order valence-electron chi connectivity index (χ1n) is 8.84. The number of amides is 1. The van der Waals surface area contributed by atoms with Crippen LogP contribution in [0.15, 0.2) is 29.2 Å². The molecule has 29 heavy (non-hydrogen) atoms. The third kappa shape index (κ3) is 4.88. The Bertz CT molecular complexity index is 1010.